The highest BCUT2D eigenvalue weighted by atomic mass is 19.1. The first-order chi connectivity index (χ1) is 15.2. The number of pyridine rings is 1. The van der Waals surface area contributed by atoms with Gasteiger partial charge in [0.05, 0.1) is 18.7 Å². The van der Waals surface area contributed by atoms with Gasteiger partial charge < -0.3 is 24.6 Å². The molecule has 3 heterocycles. The monoisotopic (exact) mass is 445 g/mol. The number of amides is 2. The average Bonchev–Trinajstić information content (AvgIpc) is 3.11. The van der Waals surface area contributed by atoms with E-state index in [4.69, 9.17) is 4.74 Å². The summed E-state index contributed by atoms with van der Waals surface area (Å²) in [7, 11) is 0. The minimum Gasteiger partial charge on any atom is -0.503 e. The molecule has 5 rings (SSSR count). The molecule has 3 aliphatic rings. The zero-order valence-electron chi connectivity index (χ0n) is 17.2. The fourth-order valence-corrected chi connectivity index (χ4v) is 4.92. The van der Waals surface area contributed by atoms with E-state index in [0.717, 1.165) is 25.3 Å². The van der Waals surface area contributed by atoms with E-state index in [1.807, 2.05) is 0 Å². The van der Waals surface area contributed by atoms with E-state index in [1.54, 1.807) is 4.90 Å². The third kappa shape index (κ3) is 3.17. The normalized spacial score (nSPS) is 24.7. The standard InChI is InChI=1S/C22H21F2N3O5/c1-10(14-5-2-11(23)6-16(14)24)25-21(30)15-8-26-9-17-27(12-3-4-13(7-12)32-17)22(31)18(26)20(29)19(15)28/h2,5-6,8,10,12-13,17,29H,3-4,7,9H2,1H3,(H,25,30)/t10?,12?,13-,17-/m0/s1. The van der Waals surface area contributed by atoms with Gasteiger partial charge in [0.25, 0.3) is 11.8 Å². The largest absolute Gasteiger partial charge is 0.503 e. The highest BCUT2D eigenvalue weighted by molar-refractivity contribution is 5.99. The van der Waals surface area contributed by atoms with Gasteiger partial charge in [-0.15, -0.1) is 0 Å². The number of ether oxygens (including phenoxy) is 1. The van der Waals surface area contributed by atoms with Gasteiger partial charge in [0.2, 0.25) is 5.43 Å². The van der Waals surface area contributed by atoms with Crippen LogP contribution in [0.1, 0.15) is 58.6 Å². The van der Waals surface area contributed by atoms with Crippen molar-refractivity contribution in [3.05, 3.63) is 63.1 Å². The molecule has 2 fully saturated rings. The van der Waals surface area contributed by atoms with Crippen LogP contribution in [0.5, 0.6) is 5.75 Å². The van der Waals surface area contributed by atoms with Gasteiger partial charge in [-0.1, -0.05) is 6.07 Å². The topological polar surface area (TPSA) is 101 Å². The molecule has 8 nitrogen and oxygen atoms in total. The van der Waals surface area contributed by atoms with Crippen LogP contribution in [0.2, 0.25) is 0 Å². The minimum absolute atomic E-state index is 0.00364. The molecule has 0 radical (unpaired) electrons. The first-order valence-electron chi connectivity index (χ1n) is 10.4. The Balaban J connectivity index is 1.46. The number of aromatic nitrogens is 1. The Labute approximate surface area is 181 Å². The summed E-state index contributed by atoms with van der Waals surface area (Å²) in [5, 5.41) is 13.0. The summed E-state index contributed by atoms with van der Waals surface area (Å²) in [4.78, 5) is 40.2. The molecule has 2 unspecified atom stereocenters. The number of benzene rings is 1. The molecule has 2 aliphatic heterocycles. The van der Waals surface area contributed by atoms with Crippen molar-refractivity contribution in [3.63, 3.8) is 0 Å². The number of aromatic hydroxyl groups is 1. The molecule has 4 atom stereocenters. The second kappa shape index (κ2) is 7.40. The molecule has 1 aromatic heterocycles. The third-order valence-corrected chi connectivity index (χ3v) is 6.48. The van der Waals surface area contributed by atoms with Crippen LogP contribution in [-0.2, 0) is 11.3 Å². The molecule has 168 valence electrons. The van der Waals surface area contributed by atoms with Gasteiger partial charge in [-0.2, -0.15) is 0 Å². The van der Waals surface area contributed by atoms with Gasteiger partial charge in [-0.3, -0.25) is 14.4 Å². The summed E-state index contributed by atoms with van der Waals surface area (Å²) in [5.41, 5.74) is -1.51. The molecule has 32 heavy (non-hydrogen) atoms. The summed E-state index contributed by atoms with van der Waals surface area (Å²) in [6.07, 6.45) is 3.12. The number of carbonyl (C=O) groups is 2. The van der Waals surface area contributed by atoms with Gasteiger partial charge in [-0.05, 0) is 32.3 Å². The lowest BCUT2D eigenvalue weighted by atomic mass is 10.1. The van der Waals surface area contributed by atoms with Gasteiger partial charge in [-0.25, -0.2) is 8.78 Å². The van der Waals surface area contributed by atoms with Crippen LogP contribution >= 0.6 is 0 Å². The van der Waals surface area contributed by atoms with Crippen LogP contribution in [0, 0.1) is 11.6 Å². The van der Waals surface area contributed by atoms with E-state index in [1.165, 1.54) is 23.8 Å². The molecule has 1 aromatic carbocycles. The molecule has 2 N–H and O–H groups in total. The van der Waals surface area contributed by atoms with Gasteiger partial charge >= 0.3 is 0 Å². The van der Waals surface area contributed by atoms with Crippen molar-refractivity contribution in [3.8, 4) is 5.75 Å². The third-order valence-electron chi connectivity index (χ3n) is 6.48. The van der Waals surface area contributed by atoms with Gasteiger partial charge in [0.15, 0.2) is 17.7 Å². The van der Waals surface area contributed by atoms with Crippen LogP contribution in [0.4, 0.5) is 8.78 Å². The maximum atomic E-state index is 14.0. The van der Waals surface area contributed by atoms with Crippen molar-refractivity contribution in [2.75, 3.05) is 0 Å². The first kappa shape index (κ1) is 20.6. The van der Waals surface area contributed by atoms with Crippen LogP contribution in [-0.4, -0.2) is 44.8 Å². The van der Waals surface area contributed by atoms with Crippen molar-refractivity contribution < 1.29 is 28.2 Å². The second-order valence-electron chi connectivity index (χ2n) is 8.47. The number of hydrogen-bond acceptors (Lipinski definition) is 5. The molecule has 10 heteroatoms. The lowest BCUT2D eigenvalue weighted by Gasteiger charge is -2.44. The smallest absolute Gasteiger partial charge is 0.276 e. The van der Waals surface area contributed by atoms with E-state index in [2.05, 4.69) is 5.32 Å². The maximum absolute atomic E-state index is 14.0. The SMILES string of the molecule is CC(NC(=O)c1cn2c(c(O)c1=O)C(=O)N1C3CC[C@@H](C3)O[C@H]1C2)c1ccc(F)cc1F. The van der Waals surface area contributed by atoms with Gasteiger partial charge in [0.1, 0.15) is 17.2 Å². The van der Waals surface area contributed by atoms with Crippen LogP contribution in [0.3, 0.4) is 0 Å². The molecular weight excluding hydrogens is 424 g/mol. The fraction of sp³-hybridized carbons (Fsp3) is 0.409. The Bertz CT molecular complexity index is 1200. The number of hydrogen-bond donors (Lipinski definition) is 2. The van der Waals surface area contributed by atoms with Crippen LogP contribution in [0.15, 0.2) is 29.2 Å². The van der Waals surface area contributed by atoms with E-state index in [9.17, 15) is 28.3 Å². The molecule has 2 amide bonds. The first-order valence-corrected chi connectivity index (χ1v) is 10.4. The predicted molar refractivity (Wildman–Crippen MR) is 107 cm³/mol. The van der Waals surface area contributed by atoms with Crippen molar-refractivity contribution in [1.29, 1.82) is 0 Å². The van der Waals surface area contributed by atoms with E-state index in [-0.39, 0.29) is 35.5 Å². The van der Waals surface area contributed by atoms with E-state index < -0.39 is 46.9 Å². The van der Waals surface area contributed by atoms with E-state index >= 15 is 0 Å². The Hall–Kier alpha value is -3.27. The summed E-state index contributed by atoms with van der Waals surface area (Å²) in [5.74, 6) is -3.75. The summed E-state index contributed by atoms with van der Waals surface area (Å²) < 4.78 is 34.5. The second-order valence-corrected chi connectivity index (χ2v) is 8.47. The lowest BCUT2D eigenvalue weighted by molar-refractivity contribution is -0.132. The molecular formula is C22H21F2N3O5. The molecule has 1 saturated carbocycles. The van der Waals surface area contributed by atoms with Crippen molar-refractivity contribution in [1.82, 2.24) is 14.8 Å². The molecule has 2 aromatic rings. The van der Waals surface area contributed by atoms with Crippen LogP contribution < -0.4 is 10.7 Å². The van der Waals surface area contributed by atoms with Crippen molar-refractivity contribution in [2.24, 2.45) is 0 Å². The molecule has 2 bridgehead atoms. The molecule has 1 aliphatic carbocycles. The Morgan fingerprint density at radius 2 is 2.06 bits per heavy atom. The number of fused-ring (bicyclic) bond motifs is 5. The lowest BCUT2D eigenvalue weighted by Crippen LogP contribution is -2.57. The molecule has 0 spiro atoms. The highest BCUT2D eigenvalue weighted by Gasteiger charge is 2.47. The Kier molecular flexibility index (Phi) is 4.77. The van der Waals surface area contributed by atoms with E-state index in [0.29, 0.717) is 6.07 Å². The zero-order chi connectivity index (χ0) is 22.7. The average molecular weight is 445 g/mol. The van der Waals surface area contributed by atoms with Crippen molar-refractivity contribution >= 4 is 11.8 Å². The summed E-state index contributed by atoms with van der Waals surface area (Å²) >= 11 is 0. The number of halogens is 2. The van der Waals surface area contributed by atoms with Crippen LogP contribution in [0.25, 0.3) is 0 Å². The fourth-order valence-electron chi connectivity index (χ4n) is 4.92. The maximum Gasteiger partial charge on any atom is 0.276 e. The number of carbonyl (C=O) groups excluding carboxylic acids is 2. The predicted octanol–water partition coefficient (Wildman–Crippen LogP) is 2.06. The summed E-state index contributed by atoms with van der Waals surface area (Å²) in [6.45, 7) is 1.65. The number of nitrogens with one attached hydrogen (secondary N) is 1. The molecule has 1 saturated heterocycles. The Morgan fingerprint density at radius 3 is 2.81 bits per heavy atom. The number of rotatable bonds is 3. The number of nitrogens with zero attached hydrogens (tertiary/aromatic N) is 2. The highest BCUT2D eigenvalue weighted by Crippen LogP contribution is 2.38. The summed E-state index contributed by atoms with van der Waals surface area (Å²) in [6, 6.07) is 2.10. The van der Waals surface area contributed by atoms with Gasteiger partial charge in [0, 0.05) is 23.9 Å². The van der Waals surface area contributed by atoms with Crippen molar-refractivity contribution in [2.45, 2.75) is 57.1 Å². The minimum atomic E-state index is -0.991. The quantitative estimate of drug-likeness (QED) is 0.753. The zero-order valence-corrected chi connectivity index (χ0v) is 17.2. The Morgan fingerprint density at radius 1 is 1.28 bits per heavy atom.